The molecule has 1 aliphatic heterocycles. The number of nitrogens with zero attached hydrogens (tertiary/aromatic N) is 1. The Balaban J connectivity index is 2.26. The molecule has 1 aliphatic rings. The molecular weight excluding hydrogens is 235 g/mol. The maximum absolute atomic E-state index is 13.2. The highest BCUT2D eigenvalue weighted by molar-refractivity contribution is 5.99. The van der Waals surface area contributed by atoms with Crippen LogP contribution in [0.2, 0.25) is 0 Å². The number of likely N-dealkylation sites (tertiary alicyclic amines) is 1. The van der Waals surface area contributed by atoms with Crippen molar-refractivity contribution in [3.05, 3.63) is 29.6 Å². The summed E-state index contributed by atoms with van der Waals surface area (Å²) in [6, 6.07) is 3.58. The van der Waals surface area contributed by atoms with Gasteiger partial charge < -0.3 is 15.7 Å². The average molecular weight is 252 g/mol. The molecule has 4 nitrogen and oxygen atoms in total. The van der Waals surface area contributed by atoms with Crippen molar-refractivity contribution < 1.29 is 14.3 Å². The molecule has 1 unspecified atom stereocenters. The Labute approximate surface area is 105 Å². The molecule has 3 N–H and O–H groups in total. The largest absolute Gasteiger partial charge is 0.398 e. The van der Waals surface area contributed by atoms with E-state index >= 15 is 0 Å². The van der Waals surface area contributed by atoms with Crippen molar-refractivity contribution >= 4 is 11.6 Å². The lowest BCUT2D eigenvalue weighted by atomic mass is 10.0. The first-order valence-electron chi connectivity index (χ1n) is 6.10. The zero-order valence-corrected chi connectivity index (χ0v) is 10.1. The number of anilines is 1. The minimum absolute atomic E-state index is 0.0685. The van der Waals surface area contributed by atoms with E-state index < -0.39 is 5.82 Å². The van der Waals surface area contributed by atoms with Gasteiger partial charge in [0.1, 0.15) is 5.82 Å². The Hall–Kier alpha value is -1.62. The quantitative estimate of drug-likeness (QED) is 0.782. The Morgan fingerprint density at radius 3 is 3.00 bits per heavy atom. The number of hydrogen-bond acceptors (Lipinski definition) is 3. The molecule has 1 amide bonds. The summed E-state index contributed by atoms with van der Waals surface area (Å²) < 4.78 is 13.2. The Bertz CT molecular complexity index is 451. The van der Waals surface area contributed by atoms with Crippen LogP contribution < -0.4 is 5.73 Å². The van der Waals surface area contributed by atoms with Gasteiger partial charge in [0.25, 0.3) is 5.91 Å². The van der Waals surface area contributed by atoms with Gasteiger partial charge in [0, 0.05) is 12.2 Å². The monoisotopic (exact) mass is 252 g/mol. The lowest BCUT2D eigenvalue weighted by Gasteiger charge is -2.34. The summed E-state index contributed by atoms with van der Waals surface area (Å²) in [6.45, 7) is 0.515. The first-order valence-corrected chi connectivity index (χ1v) is 6.10. The van der Waals surface area contributed by atoms with E-state index in [9.17, 15) is 14.3 Å². The first-order chi connectivity index (χ1) is 8.63. The molecule has 1 saturated heterocycles. The number of rotatable bonds is 2. The topological polar surface area (TPSA) is 66.6 Å². The molecule has 98 valence electrons. The number of aliphatic hydroxyl groups is 1. The minimum Gasteiger partial charge on any atom is -0.398 e. The number of hydrogen-bond donors (Lipinski definition) is 2. The molecule has 1 aromatic rings. The third-order valence-electron chi connectivity index (χ3n) is 3.34. The van der Waals surface area contributed by atoms with Gasteiger partial charge in [-0.3, -0.25) is 4.79 Å². The van der Waals surface area contributed by atoms with Crippen LogP contribution in [0.4, 0.5) is 10.1 Å². The zero-order valence-electron chi connectivity index (χ0n) is 10.1. The van der Waals surface area contributed by atoms with Gasteiger partial charge in [-0.1, -0.05) is 0 Å². The van der Waals surface area contributed by atoms with Crippen molar-refractivity contribution in [1.82, 2.24) is 4.90 Å². The van der Waals surface area contributed by atoms with E-state index in [0.29, 0.717) is 6.54 Å². The molecule has 0 bridgehead atoms. The number of benzene rings is 1. The molecule has 0 aromatic heterocycles. The summed E-state index contributed by atoms with van der Waals surface area (Å²) in [5.74, 6) is -0.782. The minimum atomic E-state index is -0.481. The summed E-state index contributed by atoms with van der Waals surface area (Å²) in [6.07, 6.45) is 2.67. The molecule has 0 saturated carbocycles. The highest BCUT2D eigenvalue weighted by Gasteiger charge is 2.28. The van der Waals surface area contributed by atoms with Crippen LogP contribution in [0.3, 0.4) is 0 Å². The summed E-state index contributed by atoms with van der Waals surface area (Å²) in [5.41, 5.74) is 6.15. The fraction of sp³-hybridized carbons (Fsp3) is 0.462. The second kappa shape index (κ2) is 5.35. The molecule has 1 fully saturated rings. The average Bonchev–Trinajstić information content (AvgIpc) is 2.40. The van der Waals surface area contributed by atoms with Gasteiger partial charge in [0.15, 0.2) is 0 Å². The van der Waals surface area contributed by atoms with E-state index in [1.54, 1.807) is 4.90 Å². The van der Waals surface area contributed by atoms with E-state index in [-0.39, 0.29) is 29.8 Å². The molecule has 1 aromatic carbocycles. The van der Waals surface area contributed by atoms with Crippen molar-refractivity contribution in [1.29, 1.82) is 0 Å². The van der Waals surface area contributed by atoms with Gasteiger partial charge in [0.2, 0.25) is 0 Å². The van der Waals surface area contributed by atoms with Crippen LogP contribution in [0, 0.1) is 5.82 Å². The van der Waals surface area contributed by atoms with E-state index in [4.69, 9.17) is 5.73 Å². The number of amides is 1. The normalized spacial score (nSPS) is 19.9. The van der Waals surface area contributed by atoms with Crippen LogP contribution in [0.25, 0.3) is 0 Å². The standard InChI is InChI=1S/C13H17FN2O2/c14-9-4-5-12(15)11(7-9)13(18)16-6-2-1-3-10(16)8-17/h4-5,7,10,17H,1-3,6,8,15H2. The SMILES string of the molecule is Nc1ccc(F)cc1C(=O)N1CCCCC1CO. The molecule has 2 rings (SSSR count). The number of carbonyl (C=O) groups is 1. The van der Waals surface area contributed by atoms with Gasteiger partial charge in [-0.15, -0.1) is 0 Å². The lowest BCUT2D eigenvalue weighted by molar-refractivity contribution is 0.0503. The Morgan fingerprint density at radius 2 is 2.28 bits per heavy atom. The number of halogens is 1. The Kier molecular flexibility index (Phi) is 3.81. The van der Waals surface area contributed by atoms with Crippen LogP contribution in [-0.4, -0.2) is 35.1 Å². The van der Waals surface area contributed by atoms with Gasteiger partial charge in [-0.05, 0) is 37.5 Å². The zero-order chi connectivity index (χ0) is 13.1. The predicted molar refractivity (Wildman–Crippen MR) is 66.6 cm³/mol. The number of piperidine rings is 1. The van der Waals surface area contributed by atoms with E-state index in [1.165, 1.54) is 12.1 Å². The lowest BCUT2D eigenvalue weighted by Crippen LogP contribution is -2.45. The van der Waals surface area contributed by atoms with Crippen LogP contribution in [-0.2, 0) is 0 Å². The molecule has 0 spiro atoms. The van der Waals surface area contributed by atoms with Gasteiger partial charge in [-0.2, -0.15) is 0 Å². The number of nitrogen functional groups attached to an aromatic ring is 1. The maximum Gasteiger partial charge on any atom is 0.256 e. The summed E-state index contributed by atoms with van der Waals surface area (Å²) >= 11 is 0. The fourth-order valence-electron chi connectivity index (χ4n) is 2.33. The van der Waals surface area contributed by atoms with Crippen LogP contribution >= 0.6 is 0 Å². The second-order valence-corrected chi connectivity index (χ2v) is 4.56. The maximum atomic E-state index is 13.2. The third-order valence-corrected chi connectivity index (χ3v) is 3.34. The molecule has 1 heterocycles. The number of nitrogens with two attached hydrogens (primary N) is 1. The summed E-state index contributed by atoms with van der Waals surface area (Å²) in [7, 11) is 0. The highest BCUT2D eigenvalue weighted by Crippen LogP contribution is 2.22. The van der Waals surface area contributed by atoms with Crippen molar-refractivity contribution in [2.75, 3.05) is 18.9 Å². The van der Waals surface area contributed by atoms with E-state index in [0.717, 1.165) is 25.3 Å². The number of carbonyl (C=O) groups excluding carboxylic acids is 1. The number of aliphatic hydroxyl groups excluding tert-OH is 1. The molecule has 1 atom stereocenters. The highest BCUT2D eigenvalue weighted by atomic mass is 19.1. The van der Waals surface area contributed by atoms with Crippen molar-refractivity contribution in [2.24, 2.45) is 0 Å². The van der Waals surface area contributed by atoms with Crippen molar-refractivity contribution in [3.63, 3.8) is 0 Å². The van der Waals surface area contributed by atoms with Crippen LogP contribution in [0.1, 0.15) is 29.6 Å². The first kappa shape index (κ1) is 12.8. The third kappa shape index (κ3) is 2.46. The summed E-state index contributed by atoms with van der Waals surface area (Å²) in [4.78, 5) is 13.9. The summed E-state index contributed by atoms with van der Waals surface area (Å²) in [5, 5.41) is 9.28. The smallest absolute Gasteiger partial charge is 0.256 e. The van der Waals surface area contributed by atoms with E-state index in [1.807, 2.05) is 0 Å². The predicted octanol–water partition coefficient (Wildman–Crippen LogP) is 1.39. The van der Waals surface area contributed by atoms with E-state index in [2.05, 4.69) is 0 Å². The molecular formula is C13H17FN2O2. The van der Waals surface area contributed by atoms with Gasteiger partial charge in [-0.25, -0.2) is 4.39 Å². The van der Waals surface area contributed by atoms with Gasteiger partial charge >= 0.3 is 0 Å². The second-order valence-electron chi connectivity index (χ2n) is 4.56. The molecule has 0 radical (unpaired) electrons. The van der Waals surface area contributed by atoms with Crippen molar-refractivity contribution in [2.45, 2.75) is 25.3 Å². The van der Waals surface area contributed by atoms with Crippen molar-refractivity contribution in [3.8, 4) is 0 Å². The van der Waals surface area contributed by atoms with Gasteiger partial charge in [0.05, 0.1) is 18.2 Å². The molecule has 5 heteroatoms. The van der Waals surface area contributed by atoms with Crippen LogP contribution in [0.5, 0.6) is 0 Å². The molecule has 0 aliphatic carbocycles. The van der Waals surface area contributed by atoms with Crippen LogP contribution in [0.15, 0.2) is 18.2 Å². The fourth-order valence-corrected chi connectivity index (χ4v) is 2.33. The Morgan fingerprint density at radius 1 is 1.50 bits per heavy atom. The molecule has 18 heavy (non-hydrogen) atoms.